The normalized spacial score (nSPS) is 17.4. The molecule has 1 aromatic carbocycles. The van der Waals surface area contributed by atoms with Gasteiger partial charge < -0.3 is 15.0 Å². The molecule has 26 heavy (non-hydrogen) atoms. The molecule has 7 nitrogen and oxygen atoms in total. The molecule has 0 bridgehead atoms. The highest BCUT2D eigenvalue weighted by Crippen LogP contribution is 2.15. The summed E-state index contributed by atoms with van der Waals surface area (Å²) in [6.07, 6.45) is 0.747. The maximum absolute atomic E-state index is 12.3. The van der Waals surface area contributed by atoms with Gasteiger partial charge in [0, 0.05) is 24.5 Å². The molecule has 1 aliphatic heterocycles. The van der Waals surface area contributed by atoms with E-state index in [1.165, 1.54) is 4.90 Å². The molecule has 1 saturated heterocycles. The van der Waals surface area contributed by atoms with Gasteiger partial charge in [-0.3, -0.25) is 9.59 Å². The predicted molar refractivity (Wildman–Crippen MR) is 99.0 cm³/mol. The molecule has 0 spiro atoms. The Balaban J connectivity index is 1.66. The van der Waals surface area contributed by atoms with Crippen LogP contribution in [0.4, 0.5) is 0 Å². The van der Waals surface area contributed by atoms with Crippen LogP contribution in [0.15, 0.2) is 24.3 Å². The van der Waals surface area contributed by atoms with Crippen molar-refractivity contribution in [3.63, 3.8) is 0 Å². The number of hydrogen-bond acceptors (Lipinski definition) is 5. The fourth-order valence-corrected chi connectivity index (χ4v) is 3.86. The number of ether oxygens (including phenoxy) is 1. The standard InChI is InChI=1S/C17H23ClN2O5S/c1-13(17(22)20-8-11-26(23,24)12-9-20)19-16(21)3-2-10-25-15-6-4-14(18)5-7-15/h4-7,13H,2-3,8-12H2,1H3,(H,19,21). The Bertz CT molecular complexity index is 722. The largest absolute Gasteiger partial charge is 0.494 e. The zero-order valence-electron chi connectivity index (χ0n) is 14.6. The van der Waals surface area contributed by atoms with Crippen molar-refractivity contribution in [1.82, 2.24) is 10.2 Å². The summed E-state index contributed by atoms with van der Waals surface area (Å²) in [4.78, 5) is 25.7. The third kappa shape index (κ3) is 6.49. The number of benzene rings is 1. The van der Waals surface area contributed by atoms with Gasteiger partial charge in [0.15, 0.2) is 9.84 Å². The smallest absolute Gasteiger partial charge is 0.244 e. The van der Waals surface area contributed by atoms with Crippen molar-refractivity contribution in [2.24, 2.45) is 0 Å². The van der Waals surface area contributed by atoms with Crippen LogP contribution in [-0.2, 0) is 19.4 Å². The lowest BCUT2D eigenvalue weighted by Crippen LogP contribution is -2.51. The number of rotatable bonds is 7. The van der Waals surface area contributed by atoms with E-state index >= 15 is 0 Å². The molecule has 0 aromatic heterocycles. The Labute approximate surface area is 158 Å². The van der Waals surface area contributed by atoms with Crippen LogP contribution < -0.4 is 10.1 Å². The lowest BCUT2D eigenvalue weighted by molar-refractivity contribution is -0.135. The molecular formula is C17H23ClN2O5S. The molecule has 1 N–H and O–H groups in total. The van der Waals surface area contributed by atoms with E-state index in [-0.39, 0.29) is 42.8 Å². The first-order chi connectivity index (χ1) is 12.3. The molecule has 0 saturated carbocycles. The Morgan fingerprint density at radius 3 is 2.46 bits per heavy atom. The zero-order valence-corrected chi connectivity index (χ0v) is 16.2. The van der Waals surface area contributed by atoms with E-state index in [9.17, 15) is 18.0 Å². The molecule has 1 aliphatic rings. The average molecular weight is 403 g/mol. The third-order valence-electron chi connectivity index (χ3n) is 4.03. The highest BCUT2D eigenvalue weighted by Gasteiger charge is 2.28. The van der Waals surface area contributed by atoms with Crippen LogP contribution in [0.3, 0.4) is 0 Å². The Kier molecular flexibility index (Phi) is 7.28. The summed E-state index contributed by atoms with van der Waals surface area (Å²) in [6.45, 7) is 2.33. The van der Waals surface area contributed by atoms with Gasteiger partial charge in [0.25, 0.3) is 0 Å². The third-order valence-corrected chi connectivity index (χ3v) is 5.90. The fourth-order valence-electron chi connectivity index (χ4n) is 2.54. The van der Waals surface area contributed by atoms with Crippen molar-refractivity contribution in [3.05, 3.63) is 29.3 Å². The maximum Gasteiger partial charge on any atom is 0.244 e. The summed E-state index contributed by atoms with van der Waals surface area (Å²) >= 11 is 5.79. The number of carbonyl (C=O) groups excluding carboxylic acids is 2. The first kappa shape index (κ1) is 20.5. The lowest BCUT2D eigenvalue weighted by Gasteiger charge is -2.29. The topological polar surface area (TPSA) is 92.8 Å². The number of nitrogens with zero attached hydrogens (tertiary/aromatic N) is 1. The summed E-state index contributed by atoms with van der Waals surface area (Å²) in [6, 6.07) is 6.27. The highest BCUT2D eigenvalue weighted by molar-refractivity contribution is 7.91. The van der Waals surface area contributed by atoms with E-state index in [0.717, 1.165) is 0 Å². The van der Waals surface area contributed by atoms with Gasteiger partial charge in [-0.05, 0) is 37.6 Å². The minimum Gasteiger partial charge on any atom is -0.494 e. The van der Waals surface area contributed by atoms with E-state index in [1.54, 1.807) is 31.2 Å². The molecule has 144 valence electrons. The van der Waals surface area contributed by atoms with Crippen molar-refractivity contribution in [2.45, 2.75) is 25.8 Å². The molecule has 0 aliphatic carbocycles. The minimum atomic E-state index is -3.04. The van der Waals surface area contributed by atoms with E-state index in [4.69, 9.17) is 16.3 Å². The fraction of sp³-hybridized carbons (Fsp3) is 0.529. The van der Waals surface area contributed by atoms with Crippen LogP contribution in [-0.4, -0.2) is 62.4 Å². The molecule has 1 heterocycles. The number of sulfone groups is 1. The molecule has 1 unspecified atom stereocenters. The van der Waals surface area contributed by atoms with Gasteiger partial charge in [-0.15, -0.1) is 0 Å². The molecule has 2 amide bonds. The van der Waals surface area contributed by atoms with Crippen molar-refractivity contribution in [2.75, 3.05) is 31.2 Å². The van der Waals surface area contributed by atoms with E-state index in [2.05, 4.69) is 5.32 Å². The second-order valence-electron chi connectivity index (χ2n) is 6.17. The number of nitrogens with one attached hydrogen (secondary N) is 1. The molecule has 2 rings (SSSR count). The second kappa shape index (κ2) is 9.23. The van der Waals surface area contributed by atoms with Crippen molar-refractivity contribution in [3.8, 4) is 5.75 Å². The maximum atomic E-state index is 12.3. The van der Waals surface area contributed by atoms with Gasteiger partial charge in [0.05, 0.1) is 18.1 Å². The number of halogens is 1. The Morgan fingerprint density at radius 2 is 1.85 bits per heavy atom. The van der Waals surface area contributed by atoms with Crippen molar-refractivity contribution in [1.29, 1.82) is 0 Å². The summed E-state index contributed by atoms with van der Waals surface area (Å²) in [5.74, 6) is 0.127. The molecule has 1 atom stereocenters. The van der Waals surface area contributed by atoms with Crippen LogP contribution >= 0.6 is 11.6 Å². The van der Waals surface area contributed by atoms with Gasteiger partial charge in [-0.2, -0.15) is 0 Å². The number of carbonyl (C=O) groups is 2. The number of hydrogen-bond donors (Lipinski definition) is 1. The quantitative estimate of drug-likeness (QED) is 0.693. The summed E-state index contributed by atoms with van der Waals surface area (Å²) < 4.78 is 28.3. The van der Waals surface area contributed by atoms with Crippen molar-refractivity contribution >= 4 is 33.3 Å². The zero-order chi connectivity index (χ0) is 19.2. The SMILES string of the molecule is CC(NC(=O)CCCOc1ccc(Cl)cc1)C(=O)N1CCS(=O)(=O)CC1. The van der Waals surface area contributed by atoms with E-state index in [1.807, 2.05) is 0 Å². The second-order valence-corrected chi connectivity index (χ2v) is 8.91. The lowest BCUT2D eigenvalue weighted by atomic mass is 10.2. The van der Waals surface area contributed by atoms with Crippen LogP contribution in [0.25, 0.3) is 0 Å². The van der Waals surface area contributed by atoms with Gasteiger partial charge in [0.1, 0.15) is 11.8 Å². The van der Waals surface area contributed by atoms with Crippen LogP contribution in [0, 0.1) is 0 Å². The first-order valence-corrected chi connectivity index (χ1v) is 10.6. The van der Waals surface area contributed by atoms with Gasteiger partial charge in [-0.1, -0.05) is 11.6 Å². The van der Waals surface area contributed by atoms with Crippen molar-refractivity contribution < 1.29 is 22.7 Å². The van der Waals surface area contributed by atoms with Gasteiger partial charge in [0.2, 0.25) is 11.8 Å². The molecule has 9 heteroatoms. The minimum absolute atomic E-state index is 0.0263. The molecule has 1 fully saturated rings. The number of amides is 2. The Hall–Kier alpha value is -1.80. The molecular weight excluding hydrogens is 380 g/mol. The van der Waals surface area contributed by atoms with Gasteiger partial charge in [-0.25, -0.2) is 8.42 Å². The summed E-state index contributed by atoms with van der Waals surface area (Å²) in [7, 11) is -3.04. The summed E-state index contributed by atoms with van der Waals surface area (Å²) in [5.41, 5.74) is 0. The van der Waals surface area contributed by atoms with Crippen LogP contribution in [0.2, 0.25) is 5.02 Å². The summed E-state index contributed by atoms with van der Waals surface area (Å²) in [5, 5.41) is 3.28. The predicted octanol–water partition coefficient (Wildman–Crippen LogP) is 1.26. The monoisotopic (exact) mass is 402 g/mol. The van der Waals surface area contributed by atoms with E-state index in [0.29, 0.717) is 23.8 Å². The molecule has 0 radical (unpaired) electrons. The highest BCUT2D eigenvalue weighted by atomic mass is 35.5. The average Bonchev–Trinajstić information content (AvgIpc) is 2.59. The first-order valence-electron chi connectivity index (χ1n) is 8.44. The van der Waals surface area contributed by atoms with Crippen LogP contribution in [0.1, 0.15) is 19.8 Å². The van der Waals surface area contributed by atoms with Crippen LogP contribution in [0.5, 0.6) is 5.75 Å². The van der Waals surface area contributed by atoms with Gasteiger partial charge >= 0.3 is 0 Å². The Morgan fingerprint density at radius 1 is 1.23 bits per heavy atom. The van der Waals surface area contributed by atoms with E-state index < -0.39 is 15.9 Å². The molecule has 1 aromatic rings.